The molecule has 0 bridgehead atoms. The summed E-state index contributed by atoms with van der Waals surface area (Å²) in [5, 5.41) is 0. The normalized spacial score (nSPS) is 20.4. The smallest absolute Gasteiger partial charge is 0.305 e. The molecule has 2 atom stereocenters. The number of allylic oxidation sites excluding steroid dienone is 5. The Morgan fingerprint density at radius 2 is 1.75 bits per heavy atom. The molecule has 3 heteroatoms. The molecule has 0 aromatic carbocycles. The van der Waals surface area contributed by atoms with Crippen LogP contribution in [0.5, 0.6) is 0 Å². The molecule has 0 unspecified atom stereocenters. The summed E-state index contributed by atoms with van der Waals surface area (Å²) in [5.41, 5.74) is 0. The maximum absolute atomic E-state index is 11.0. The summed E-state index contributed by atoms with van der Waals surface area (Å²) in [6, 6.07) is 0. The Bertz CT molecular complexity index is 409. The van der Waals surface area contributed by atoms with Crippen LogP contribution in [0.4, 0.5) is 0 Å². The summed E-state index contributed by atoms with van der Waals surface area (Å²) in [7, 11) is 1.43. The summed E-state index contributed by atoms with van der Waals surface area (Å²) < 4.78 is 10.2. The minimum atomic E-state index is -0.140. The molecule has 1 saturated heterocycles. The first-order valence-electron chi connectivity index (χ1n) is 9.50. The van der Waals surface area contributed by atoms with Gasteiger partial charge in [0, 0.05) is 6.42 Å². The van der Waals surface area contributed by atoms with Crippen LogP contribution in [0.2, 0.25) is 0 Å². The van der Waals surface area contributed by atoms with Gasteiger partial charge in [0.15, 0.2) is 0 Å². The topological polar surface area (TPSA) is 38.8 Å². The summed E-state index contributed by atoms with van der Waals surface area (Å²) in [6.45, 7) is 2.25. The lowest BCUT2D eigenvalue weighted by Gasteiger charge is -1.97. The quantitative estimate of drug-likeness (QED) is 0.182. The third kappa shape index (κ3) is 11.2. The molecule has 0 amide bonds. The van der Waals surface area contributed by atoms with Crippen LogP contribution in [0.15, 0.2) is 36.5 Å². The molecule has 0 N–H and O–H groups in total. The van der Waals surface area contributed by atoms with E-state index in [0.29, 0.717) is 6.42 Å². The number of ether oxygens (including phenoxy) is 2. The average molecular weight is 335 g/mol. The zero-order chi connectivity index (χ0) is 17.5. The van der Waals surface area contributed by atoms with E-state index in [-0.39, 0.29) is 18.2 Å². The van der Waals surface area contributed by atoms with Crippen molar-refractivity contribution in [1.82, 2.24) is 0 Å². The van der Waals surface area contributed by atoms with Gasteiger partial charge in [-0.3, -0.25) is 4.79 Å². The lowest BCUT2D eigenvalue weighted by Crippen LogP contribution is -2.01. The van der Waals surface area contributed by atoms with E-state index in [1.165, 1.54) is 52.1 Å². The minimum absolute atomic E-state index is 0.140. The van der Waals surface area contributed by atoms with E-state index in [9.17, 15) is 4.79 Å². The molecule has 0 spiro atoms. The largest absolute Gasteiger partial charge is 0.469 e. The molecule has 0 radical (unpaired) electrons. The van der Waals surface area contributed by atoms with Crippen LogP contribution in [0.25, 0.3) is 0 Å². The first kappa shape index (κ1) is 20.7. The molecule has 1 aliphatic heterocycles. The molecule has 1 heterocycles. The fraction of sp³-hybridized carbons (Fsp3) is 0.667. The highest BCUT2D eigenvalue weighted by Gasteiger charge is 2.35. The van der Waals surface area contributed by atoms with Gasteiger partial charge in [-0.05, 0) is 25.7 Å². The van der Waals surface area contributed by atoms with Gasteiger partial charge in [-0.2, -0.15) is 0 Å². The number of unbranched alkanes of at least 4 members (excludes halogenated alkanes) is 6. The van der Waals surface area contributed by atoms with Crippen molar-refractivity contribution in [3.05, 3.63) is 36.5 Å². The van der Waals surface area contributed by atoms with E-state index >= 15 is 0 Å². The number of hydrogen-bond donors (Lipinski definition) is 0. The van der Waals surface area contributed by atoms with Crippen LogP contribution in [-0.4, -0.2) is 25.3 Å². The van der Waals surface area contributed by atoms with E-state index in [1.54, 1.807) is 0 Å². The molecule has 0 aliphatic carbocycles. The zero-order valence-corrected chi connectivity index (χ0v) is 15.4. The van der Waals surface area contributed by atoms with Gasteiger partial charge in [-0.15, -0.1) is 0 Å². The second-order valence-electron chi connectivity index (χ2n) is 6.36. The van der Waals surface area contributed by atoms with E-state index in [4.69, 9.17) is 4.74 Å². The predicted octanol–water partition coefficient (Wildman–Crippen LogP) is 5.52. The summed E-state index contributed by atoms with van der Waals surface area (Å²) >= 11 is 0. The highest BCUT2D eigenvalue weighted by Crippen LogP contribution is 2.28. The third-order valence-electron chi connectivity index (χ3n) is 4.21. The van der Waals surface area contributed by atoms with Gasteiger partial charge in [-0.1, -0.05) is 75.5 Å². The van der Waals surface area contributed by atoms with E-state index < -0.39 is 0 Å². The number of rotatable bonds is 14. The highest BCUT2D eigenvalue weighted by atomic mass is 16.6. The number of epoxide rings is 1. The van der Waals surface area contributed by atoms with Crippen molar-refractivity contribution < 1.29 is 14.3 Å². The fourth-order valence-electron chi connectivity index (χ4n) is 2.63. The first-order valence-corrected chi connectivity index (χ1v) is 9.50. The van der Waals surface area contributed by atoms with Crippen LogP contribution in [0.3, 0.4) is 0 Å². The molecular formula is C21H34O3. The molecule has 24 heavy (non-hydrogen) atoms. The van der Waals surface area contributed by atoms with Crippen molar-refractivity contribution in [2.75, 3.05) is 7.11 Å². The van der Waals surface area contributed by atoms with E-state index in [1.807, 2.05) is 12.2 Å². The Hall–Kier alpha value is -1.35. The standard InChI is InChI=1S/C21H34O3/c1-3-4-5-6-7-8-9-10-11-12-13-14-16-19-20(24-19)17-15-18-21(22)23-2/h10-14,16,19-20H,3-9,15,17-18H2,1-2H3/b11-10-,13-12+,16-14+/t19-,20-/m1/s1. The van der Waals surface area contributed by atoms with Gasteiger partial charge in [0.2, 0.25) is 0 Å². The van der Waals surface area contributed by atoms with Gasteiger partial charge in [0.1, 0.15) is 6.10 Å². The zero-order valence-electron chi connectivity index (χ0n) is 15.4. The van der Waals surface area contributed by atoms with Crippen LogP contribution < -0.4 is 0 Å². The minimum Gasteiger partial charge on any atom is -0.469 e. The Labute approximate surface area is 147 Å². The van der Waals surface area contributed by atoms with E-state index in [2.05, 4.69) is 36.0 Å². The predicted molar refractivity (Wildman–Crippen MR) is 99.9 cm³/mol. The van der Waals surface area contributed by atoms with Crippen molar-refractivity contribution in [2.45, 2.75) is 83.3 Å². The molecule has 0 aromatic rings. The summed E-state index contributed by atoms with van der Waals surface area (Å²) in [5.74, 6) is -0.140. The average Bonchev–Trinajstić information content (AvgIpc) is 3.34. The van der Waals surface area contributed by atoms with E-state index in [0.717, 1.165) is 12.8 Å². The van der Waals surface area contributed by atoms with Gasteiger partial charge in [-0.25, -0.2) is 0 Å². The molecule has 0 saturated carbocycles. The van der Waals surface area contributed by atoms with Crippen molar-refractivity contribution >= 4 is 5.97 Å². The molecule has 0 aromatic heterocycles. The summed E-state index contributed by atoms with van der Waals surface area (Å²) in [4.78, 5) is 11.0. The third-order valence-corrected chi connectivity index (χ3v) is 4.21. The van der Waals surface area contributed by atoms with Gasteiger partial charge in [0.25, 0.3) is 0 Å². The molecule has 1 aliphatic rings. The fourth-order valence-corrected chi connectivity index (χ4v) is 2.63. The molecular weight excluding hydrogens is 300 g/mol. The number of carbonyl (C=O) groups excluding carboxylic acids is 1. The van der Waals surface area contributed by atoms with Crippen molar-refractivity contribution in [3.8, 4) is 0 Å². The lowest BCUT2D eigenvalue weighted by atomic mass is 10.1. The van der Waals surface area contributed by atoms with Crippen LogP contribution in [-0.2, 0) is 14.3 Å². The Kier molecular flexibility index (Phi) is 12.1. The Morgan fingerprint density at radius 1 is 1.00 bits per heavy atom. The van der Waals surface area contributed by atoms with Crippen molar-refractivity contribution in [3.63, 3.8) is 0 Å². The number of carbonyl (C=O) groups is 1. The molecule has 1 fully saturated rings. The second kappa shape index (κ2) is 14.0. The number of hydrogen-bond acceptors (Lipinski definition) is 3. The Morgan fingerprint density at radius 3 is 2.54 bits per heavy atom. The molecule has 136 valence electrons. The van der Waals surface area contributed by atoms with Gasteiger partial charge < -0.3 is 9.47 Å². The van der Waals surface area contributed by atoms with Gasteiger partial charge >= 0.3 is 5.97 Å². The first-order chi connectivity index (χ1) is 11.8. The maximum Gasteiger partial charge on any atom is 0.305 e. The maximum atomic E-state index is 11.0. The Balaban J connectivity index is 1.94. The second-order valence-corrected chi connectivity index (χ2v) is 6.36. The number of methoxy groups -OCH3 is 1. The molecule has 3 nitrogen and oxygen atoms in total. The van der Waals surface area contributed by atoms with Crippen molar-refractivity contribution in [2.24, 2.45) is 0 Å². The van der Waals surface area contributed by atoms with Gasteiger partial charge in [0.05, 0.1) is 13.2 Å². The van der Waals surface area contributed by atoms with Crippen molar-refractivity contribution in [1.29, 1.82) is 0 Å². The lowest BCUT2D eigenvalue weighted by molar-refractivity contribution is -0.140. The summed E-state index contributed by atoms with van der Waals surface area (Å²) in [6.07, 6.45) is 24.6. The highest BCUT2D eigenvalue weighted by molar-refractivity contribution is 5.68. The molecule has 1 rings (SSSR count). The monoisotopic (exact) mass is 334 g/mol. The van der Waals surface area contributed by atoms with Crippen LogP contribution in [0.1, 0.15) is 71.1 Å². The SMILES string of the molecule is CCCCCCCC\C=C/C=C/C=C/[C@H]1O[C@@H]1CCCC(=O)OC. The van der Waals surface area contributed by atoms with Crippen LogP contribution >= 0.6 is 0 Å². The van der Waals surface area contributed by atoms with Crippen LogP contribution in [0, 0.1) is 0 Å². The number of esters is 1.